The summed E-state index contributed by atoms with van der Waals surface area (Å²) in [6.07, 6.45) is 0. The van der Waals surface area contributed by atoms with Crippen molar-refractivity contribution in [3.8, 4) is 17.2 Å². The molecule has 7 heteroatoms. The minimum absolute atomic E-state index is 0.105. The van der Waals surface area contributed by atoms with Gasteiger partial charge in [-0.3, -0.25) is 9.59 Å². The van der Waals surface area contributed by atoms with Gasteiger partial charge in [0.15, 0.2) is 11.5 Å². The molecule has 23 heavy (non-hydrogen) atoms. The number of ether oxygens (including phenoxy) is 1. The summed E-state index contributed by atoms with van der Waals surface area (Å²) in [6.45, 7) is 1.22. The predicted molar refractivity (Wildman–Crippen MR) is 81.9 cm³/mol. The summed E-state index contributed by atoms with van der Waals surface area (Å²) in [5, 5.41) is 10.5. The van der Waals surface area contributed by atoms with Crippen LogP contribution in [0.25, 0.3) is 0 Å². The Morgan fingerprint density at radius 1 is 1.09 bits per heavy atom. The van der Waals surface area contributed by atoms with Gasteiger partial charge in [-0.2, -0.15) is 0 Å². The lowest BCUT2D eigenvalue weighted by Gasteiger charge is -2.15. The van der Waals surface area contributed by atoms with E-state index in [4.69, 9.17) is 15.4 Å². The highest BCUT2D eigenvalue weighted by atomic mass is 16.7. The third-order valence-electron chi connectivity index (χ3n) is 3.08. The van der Waals surface area contributed by atoms with E-state index in [1.807, 2.05) is 0 Å². The summed E-state index contributed by atoms with van der Waals surface area (Å²) >= 11 is 0. The Labute approximate surface area is 132 Å². The molecule has 7 nitrogen and oxygen atoms in total. The molecule has 0 fully saturated rings. The molecule has 0 unspecified atom stereocenters. The molecule has 0 atom stereocenters. The van der Waals surface area contributed by atoms with Crippen LogP contribution in [0.5, 0.6) is 17.2 Å². The second-order valence-electron chi connectivity index (χ2n) is 4.67. The summed E-state index contributed by atoms with van der Waals surface area (Å²) in [6, 6.07) is 10.5. The number of hydrogen-bond donors (Lipinski definition) is 2. The van der Waals surface area contributed by atoms with Crippen molar-refractivity contribution in [2.75, 3.05) is 7.11 Å². The zero-order valence-electron chi connectivity index (χ0n) is 12.6. The summed E-state index contributed by atoms with van der Waals surface area (Å²) in [4.78, 5) is 28.4. The lowest BCUT2D eigenvalue weighted by molar-refractivity contribution is -0.155. The van der Waals surface area contributed by atoms with Gasteiger partial charge in [0.25, 0.3) is 5.91 Å². The largest absolute Gasteiger partial charge is 0.507 e. The van der Waals surface area contributed by atoms with Gasteiger partial charge in [-0.15, -0.1) is 5.17 Å². The average molecular weight is 316 g/mol. The molecular formula is C16H16N2O5. The first-order valence-corrected chi connectivity index (χ1v) is 6.67. The molecule has 0 heterocycles. The normalized spacial score (nSPS) is 10.0. The summed E-state index contributed by atoms with van der Waals surface area (Å²) < 4.78 is 5.03. The molecule has 2 rings (SSSR count). The van der Waals surface area contributed by atoms with Crippen LogP contribution < -0.4 is 15.4 Å². The van der Waals surface area contributed by atoms with Crippen LogP contribution in [-0.2, 0) is 4.79 Å². The van der Waals surface area contributed by atoms with Gasteiger partial charge in [0.2, 0.25) is 0 Å². The Morgan fingerprint density at radius 2 is 1.70 bits per heavy atom. The molecule has 2 aromatic carbocycles. The number of carbonyl (C=O) groups excluding carboxylic acids is 2. The quantitative estimate of drug-likeness (QED) is 0.376. The number of nitrogens with zero attached hydrogens (tertiary/aromatic N) is 1. The first-order valence-electron chi connectivity index (χ1n) is 6.67. The number of hydrogen-bond acceptors (Lipinski definition) is 6. The first-order chi connectivity index (χ1) is 10.9. The van der Waals surface area contributed by atoms with E-state index in [9.17, 15) is 14.7 Å². The molecule has 3 N–H and O–H groups in total. The van der Waals surface area contributed by atoms with Gasteiger partial charge in [-0.05, 0) is 36.4 Å². The molecule has 0 radical (unpaired) electrons. The van der Waals surface area contributed by atoms with Crippen molar-refractivity contribution < 1.29 is 24.3 Å². The molecule has 2 aromatic rings. The average Bonchev–Trinajstić information content (AvgIpc) is 2.54. The zero-order chi connectivity index (χ0) is 17.0. The number of nitrogens with two attached hydrogens (primary N) is 1. The van der Waals surface area contributed by atoms with Crippen LogP contribution in [-0.4, -0.2) is 29.1 Å². The zero-order valence-corrected chi connectivity index (χ0v) is 12.6. The number of hydroxylamine groups is 1. The lowest BCUT2D eigenvalue weighted by Crippen LogP contribution is -2.38. The van der Waals surface area contributed by atoms with Crippen molar-refractivity contribution in [1.29, 1.82) is 0 Å². The number of ketones is 1. The Balaban J connectivity index is 2.22. The molecule has 0 aliphatic carbocycles. The van der Waals surface area contributed by atoms with Crippen molar-refractivity contribution in [3.63, 3.8) is 0 Å². The van der Waals surface area contributed by atoms with Gasteiger partial charge in [-0.25, -0.2) is 5.84 Å². The van der Waals surface area contributed by atoms with Crippen LogP contribution >= 0.6 is 0 Å². The Bertz CT molecular complexity index is 728. The van der Waals surface area contributed by atoms with Gasteiger partial charge < -0.3 is 14.7 Å². The van der Waals surface area contributed by atoms with Crippen LogP contribution in [0.4, 0.5) is 0 Å². The molecule has 0 bridgehead atoms. The minimum atomic E-state index is -0.511. The van der Waals surface area contributed by atoms with Gasteiger partial charge in [-0.1, -0.05) is 0 Å². The fourth-order valence-electron chi connectivity index (χ4n) is 1.84. The maximum atomic E-state index is 12.4. The first kappa shape index (κ1) is 16.3. The lowest BCUT2D eigenvalue weighted by atomic mass is 10.0. The molecule has 0 aromatic heterocycles. The van der Waals surface area contributed by atoms with E-state index in [1.54, 1.807) is 24.3 Å². The van der Waals surface area contributed by atoms with Crippen molar-refractivity contribution in [3.05, 3.63) is 53.6 Å². The topological polar surface area (TPSA) is 102 Å². The second-order valence-corrected chi connectivity index (χ2v) is 4.67. The maximum absolute atomic E-state index is 12.4. The number of amides is 1. The molecule has 0 spiro atoms. The summed E-state index contributed by atoms with van der Waals surface area (Å²) in [5.74, 6) is 4.93. The minimum Gasteiger partial charge on any atom is -0.507 e. The molecule has 0 aliphatic rings. The van der Waals surface area contributed by atoms with Crippen molar-refractivity contribution >= 4 is 11.7 Å². The second kappa shape index (κ2) is 6.80. The number of carbonyl (C=O) groups is 2. The van der Waals surface area contributed by atoms with E-state index >= 15 is 0 Å². The standard InChI is InChI=1S/C16H16N2O5/c1-10(19)18(17)23-13-7-8-14(15(20)9-13)16(21)11-3-5-12(22-2)6-4-11/h3-9,20H,17H2,1-2H3. The van der Waals surface area contributed by atoms with Crippen LogP contribution in [0, 0.1) is 0 Å². The van der Waals surface area contributed by atoms with Gasteiger partial charge in [0, 0.05) is 18.6 Å². The van der Waals surface area contributed by atoms with Gasteiger partial charge in [0.1, 0.15) is 11.5 Å². The molecule has 0 saturated carbocycles. The Hall–Kier alpha value is -3.06. The van der Waals surface area contributed by atoms with Crippen LogP contribution in [0.1, 0.15) is 22.8 Å². The number of aromatic hydroxyl groups is 1. The highest BCUT2D eigenvalue weighted by molar-refractivity contribution is 6.10. The van der Waals surface area contributed by atoms with E-state index < -0.39 is 5.91 Å². The van der Waals surface area contributed by atoms with E-state index in [0.717, 1.165) is 0 Å². The monoisotopic (exact) mass is 316 g/mol. The fourth-order valence-corrected chi connectivity index (χ4v) is 1.84. The summed E-state index contributed by atoms with van der Waals surface area (Å²) in [5.41, 5.74) is 0.507. The Kier molecular flexibility index (Phi) is 4.82. The number of rotatable bonds is 5. The van der Waals surface area contributed by atoms with Crippen LogP contribution in [0.15, 0.2) is 42.5 Å². The van der Waals surface area contributed by atoms with E-state index in [2.05, 4.69) is 0 Å². The third kappa shape index (κ3) is 3.78. The van der Waals surface area contributed by atoms with Crippen LogP contribution in [0.2, 0.25) is 0 Å². The van der Waals surface area contributed by atoms with E-state index in [1.165, 1.54) is 32.2 Å². The number of phenols is 1. The third-order valence-corrected chi connectivity index (χ3v) is 3.08. The Morgan fingerprint density at radius 3 is 2.22 bits per heavy atom. The van der Waals surface area contributed by atoms with Gasteiger partial charge >= 0.3 is 0 Å². The molecule has 0 saturated heterocycles. The summed E-state index contributed by atoms with van der Waals surface area (Å²) in [7, 11) is 1.53. The molecule has 120 valence electrons. The molecule has 1 amide bonds. The number of benzene rings is 2. The van der Waals surface area contributed by atoms with E-state index in [-0.39, 0.29) is 22.8 Å². The number of hydrazine groups is 1. The van der Waals surface area contributed by atoms with E-state index in [0.29, 0.717) is 16.5 Å². The molecule has 0 aliphatic heterocycles. The predicted octanol–water partition coefficient (Wildman–Crippen LogP) is 1.65. The SMILES string of the molecule is COc1ccc(C(=O)c2ccc(ON(N)C(C)=O)cc2O)cc1. The highest BCUT2D eigenvalue weighted by Gasteiger charge is 2.15. The fraction of sp³-hybridized carbons (Fsp3) is 0.125. The van der Waals surface area contributed by atoms with Gasteiger partial charge in [0.05, 0.1) is 12.7 Å². The number of phenolic OH excluding ortho intramolecular Hbond substituents is 1. The number of methoxy groups -OCH3 is 1. The van der Waals surface area contributed by atoms with Crippen molar-refractivity contribution in [2.24, 2.45) is 5.84 Å². The smallest absolute Gasteiger partial charge is 0.269 e. The van der Waals surface area contributed by atoms with Crippen LogP contribution in [0.3, 0.4) is 0 Å². The van der Waals surface area contributed by atoms with Crippen molar-refractivity contribution in [2.45, 2.75) is 6.92 Å². The maximum Gasteiger partial charge on any atom is 0.269 e. The highest BCUT2D eigenvalue weighted by Crippen LogP contribution is 2.26. The molecular weight excluding hydrogens is 300 g/mol. The van der Waals surface area contributed by atoms with Crippen molar-refractivity contribution in [1.82, 2.24) is 5.17 Å².